The maximum atomic E-state index is 9.03. The van der Waals surface area contributed by atoms with Gasteiger partial charge >= 0.3 is 0 Å². The average molecular weight is 246 g/mol. The molecule has 0 amide bonds. The van der Waals surface area contributed by atoms with Gasteiger partial charge in [0.25, 0.3) is 0 Å². The lowest BCUT2D eigenvalue weighted by atomic mass is 10.1. The van der Waals surface area contributed by atoms with Gasteiger partial charge in [-0.2, -0.15) is 0 Å². The fourth-order valence-electron chi connectivity index (χ4n) is 2.61. The number of hydrogen-bond donors (Lipinski definition) is 2. The summed E-state index contributed by atoms with van der Waals surface area (Å²) in [6, 6.07) is 3.92. The molecule has 3 rings (SSSR count). The Morgan fingerprint density at radius 1 is 1.50 bits per heavy atom. The van der Waals surface area contributed by atoms with E-state index in [9.17, 15) is 0 Å². The highest BCUT2D eigenvalue weighted by molar-refractivity contribution is 5.71. The van der Waals surface area contributed by atoms with Crippen LogP contribution in [0.25, 0.3) is 11.2 Å². The van der Waals surface area contributed by atoms with Crippen molar-refractivity contribution in [2.75, 3.05) is 19.7 Å². The zero-order valence-electron chi connectivity index (χ0n) is 10.3. The number of aliphatic hydroxyl groups excluding tert-OH is 1. The Morgan fingerprint density at radius 3 is 3.22 bits per heavy atom. The van der Waals surface area contributed by atoms with Crippen LogP contribution in [0.3, 0.4) is 0 Å². The summed E-state index contributed by atoms with van der Waals surface area (Å²) in [5.41, 5.74) is 1.89. The van der Waals surface area contributed by atoms with E-state index in [1.165, 1.54) is 0 Å². The highest BCUT2D eigenvalue weighted by Gasteiger charge is 2.23. The number of hydrogen-bond acceptors (Lipinski definition) is 4. The number of nitrogens with one attached hydrogen (secondary N) is 1. The summed E-state index contributed by atoms with van der Waals surface area (Å²) in [6.45, 7) is 3.04. The Bertz CT molecular complexity index is 531. The lowest BCUT2D eigenvalue weighted by molar-refractivity contribution is 0.279. The van der Waals surface area contributed by atoms with Gasteiger partial charge in [0.2, 0.25) is 0 Å². The van der Waals surface area contributed by atoms with E-state index in [-0.39, 0.29) is 6.61 Å². The van der Waals surface area contributed by atoms with Gasteiger partial charge in [0.05, 0.1) is 0 Å². The maximum absolute atomic E-state index is 9.03. The third kappa shape index (κ3) is 2.00. The monoisotopic (exact) mass is 246 g/mol. The van der Waals surface area contributed by atoms with E-state index in [1.807, 2.05) is 12.1 Å². The molecule has 2 aromatic heterocycles. The minimum absolute atomic E-state index is 0.203. The second kappa shape index (κ2) is 5.04. The molecule has 3 heterocycles. The fraction of sp³-hybridized carbons (Fsp3) is 0.538. The maximum Gasteiger partial charge on any atom is 0.159 e. The van der Waals surface area contributed by atoms with E-state index in [0.717, 1.165) is 49.5 Å². The zero-order chi connectivity index (χ0) is 12.4. The highest BCUT2D eigenvalue weighted by atomic mass is 16.3. The molecule has 5 nitrogen and oxygen atoms in total. The summed E-state index contributed by atoms with van der Waals surface area (Å²) in [5, 5.41) is 12.4. The summed E-state index contributed by atoms with van der Waals surface area (Å²) >= 11 is 0. The molecule has 1 atom stereocenters. The van der Waals surface area contributed by atoms with Crippen LogP contribution < -0.4 is 5.32 Å². The first-order valence-corrected chi connectivity index (χ1v) is 6.53. The molecule has 96 valence electrons. The van der Waals surface area contributed by atoms with Crippen LogP contribution >= 0.6 is 0 Å². The summed E-state index contributed by atoms with van der Waals surface area (Å²) in [5.74, 6) is 1.58. The summed E-state index contributed by atoms with van der Waals surface area (Å²) < 4.78 is 2.17. The Morgan fingerprint density at radius 2 is 2.44 bits per heavy atom. The van der Waals surface area contributed by atoms with E-state index >= 15 is 0 Å². The van der Waals surface area contributed by atoms with Gasteiger partial charge in [0.15, 0.2) is 5.65 Å². The van der Waals surface area contributed by atoms with Crippen LogP contribution in [-0.4, -0.2) is 39.3 Å². The smallest absolute Gasteiger partial charge is 0.159 e. The number of rotatable bonds is 4. The molecule has 18 heavy (non-hydrogen) atoms. The van der Waals surface area contributed by atoms with Crippen LogP contribution in [0.2, 0.25) is 0 Å². The fourth-order valence-corrected chi connectivity index (χ4v) is 2.61. The number of fused-ring (bicyclic) bond motifs is 1. The molecule has 1 fully saturated rings. The Kier molecular flexibility index (Phi) is 3.25. The van der Waals surface area contributed by atoms with Crippen LogP contribution in [0.4, 0.5) is 0 Å². The first kappa shape index (κ1) is 11.6. The molecule has 1 aliphatic rings. The van der Waals surface area contributed by atoms with Crippen molar-refractivity contribution >= 4 is 11.2 Å². The molecule has 0 radical (unpaired) electrons. The molecular weight excluding hydrogens is 228 g/mol. The van der Waals surface area contributed by atoms with Gasteiger partial charge in [0.1, 0.15) is 11.3 Å². The molecule has 0 aliphatic carbocycles. The number of pyridine rings is 1. The van der Waals surface area contributed by atoms with Crippen molar-refractivity contribution < 1.29 is 5.11 Å². The van der Waals surface area contributed by atoms with Crippen molar-refractivity contribution in [3.63, 3.8) is 0 Å². The third-order valence-electron chi connectivity index (χ3n) is 3.50. The average Bonchev–Trinajstić information content (AvgIpc) is 3.03. The molecule has 2 aromatic rings. The number of nitrogens with zero attached hydrogens (tertiary/aromatic N) is 3. The second-order valence-electron chi connectivity index (χ2n) is 4.73. The Labute approximate surface area is 106 Å². The van der Waals surface area contributed by atoms with Crippen molar-refractivity contribution in [3.05, 3.63) is 24.2 Å². The minimum Gasteiger partial charge on any atom is -0.396 e. The van der Waals surface area contributed by atoms with Crippen molar-refractivity contribution in [1.82, 2.24) is 19.9 Å². The quantitative estimate of drug-likeness (QED) is 0.841. The molecule has 0 bridgehead atoms. The van der Waals surface area contributed by atoms with Crippen LogP contribution in [-0.2, 0) is 6.54 Å². The first-order valence-electron chi connectivity index (χ1n) is 6.53. The first-order chi connectivity index (χ1) is 8.90. The number of aryl methyl sites for hydroxylation is 1. The second-order valence-corrected chi connectivity index (χ2v) is 4.73. The summed E-state index contributed by atoms with van der Waals surface area (Å²) in [4.78, 5) is 9.15. The Balaban J connectivity index is 2.04. The normalized spacial score (nSPS) is 19.7. The van der Waals surface area contributed by atoms with Crippen molar-refractivity contribution in [3.8, 4) is 0 Å². The molecule has 1 unspecified atom stereocenters. The van der Waals surface area contributed by atoms with Gasteiger partial charge in [0, 0.05) is 31.8 Å². The lowest BCUT2D eigenvalue weighted by Crippen LogP contribution is -2.13. The topological polar surface area (TPSA) is 63.0 Å². The van der Waals surface area contributed by atoms with Gasteiger partial charge in [-0.1, -0.05) is 0 Å². The van der Waals surface area contributed by atoms with Crippen LogP contribution in [0, 0.1) is 0 Å². The summed E-state index contributed by atoms with van der Waals surface area (Å²) in [7, 11) is 0. The predicted molar refractivity (Wildman–Crippen MR) is 69.5 cm³/mol. The van der Waals surface area contributed by atoms with E-state index in [2.05, 4.69) is 14.9 Å². The van der Waals surface area contributed by atoms with Crippen LogP contribution in [0.1, 0.15) is 24.6 Å². The van der Waals surface area contributed by atoms with E-state index in [0.29, 0.717) is 5.92 Å². The van der Waals surface area contributed by atoms with Gasteiger partial charge < -0.3 is 15.0 Å². The van der Waals surface area contributed by atoms with Crippen molar-refractivity contribution in [2.45, 2.75) is 25.3 Å². The van der Waals surface area contributed by atoms with Crippen LogP contribution in [0.15, 0.2) is 18.3 Å². The number of imidazole rings is 1. The van der Waals surface area contributed by atoms with Crippen LogP contribution in [0.5, 0.6) is 0 Å². The predicted octanol–water partition coefficient (Wildman–Crippen LogP) is 0.891. The van der Waals surface area contributed by atoms with Gasteiger partial charge in [-0.25, -0.2) is 9.97 Å². The molecular formula is C13H18N4O. The summed E-state index contributed by atoms with van der Waals surface area (Å²) in [6.07, 6.45) is 3.67. The number of aliphatic hydroxyl groups is 1. The molecule has 1 saturated heterocycles. The molecule has 2 N–H and O–H groups in total. The van der Waals surface area contributed by atoms with Crippen molar-refractivity contribution in [1.29, 1.82) is 0 Å². The SMILES string of the molecule is OCCCn1c(C2CCNC2)nc2cccnc21. The third-order valence-corrected chi connectivity index (χ3v) is 3.50. The van der Waals surface area contributed by atoms with E-state index in [1.54, 1.807) is 6.20 Å². The molecule has 5 heteroatoms. The van der Waals surface area contributed by atoms with E-state index < -0.39 is 0 Å². The standard InChI is InChI=1S/C13H18N4O/c18-8-2-7-17-12(10-4-6-14-9-10)16-11-3-1-5-15-13(11)17/h1,3,5,10,14,18H,2,4,6-9H2. The van der Waals surface area contributed by atoms with Gasteiger partial charge in [-0.15, -0.1) is 0 Å². The molecule has 1 aliphatic heterocycles. The lowest BCUT2D eigenvalue weighted by Gasteiger charge is -2.11. The van der Waals surface area contributed by atoms with E-state index in [4.69, 9.17) is 10.1 Å². The van der Waals surface area contributed by atoms with Gasteiger partial charge in [-0.3, -0.25) is 0 Å². The molecule has 0 aromatic carbocycles. The largest absolute Gasteiger partial charge is 0.396 e. The number of aromatic nitrogens is 3. The zero-order valence-corrected chi connectivity index (χ0v) is 10.3. The highest BCUT2D eigenvalue weighted by Crippen LogP contribution is 2.25. The molecule has 0 saturated carbocycles. The molecule has 0 spiro atoms. The minimum atomic E-state index is 0.203. The Hall–Kier alpha value is -1.46. The van der Waals surface area contributed by atoms with Gasteiger partial charge in [-0.05, 0) is 31.5 Å². The van der Waals surface area contributed by atoms with Crippen molar-refractivity contribution in [2.24, 2.45) is 0 Å².